The van der Waals surface area contributed by atoms with E-state index in [9.17, 15) is 10.1 Å². The van der Waals surface area contributed by atoms with Gasteiger partial charge < -0.3 is 15.0 Å². The van der Waals surface area contributed by atoms with Crippen LogP contribution >= 0.6 is 0 Å². The molecule has 0 amide bonds. The molecular weight excluding hydrogens is 258 g/mol. The van der Waals surface area contributed by atoms with Gasteiger partial charge in [-0.05, 0) is 32.9 Å². The van der Waals surface area contributed by atoms with Crippen LogP contribution in [0.25, 0.3) is 0 Å². The number of para-hydroxylation sites is 1. The molecule has 20 heavy (non-hydrogen) atoms. The van der Waals surface area contributed by atoms with Crippen molar-refractivity contribution in [2.24, 2.45) is 0 Å². The van der Waals surface area contributed by atoms with E-state index >= 15 is 0 Å². The molecule has 0 unspecified atom stereocenters. The lowest BCUT2D eigenvalue weighted by Gasteiger charge is -2.28. The lowest BCUT2D eigenvalue weighted by atomic mass is 10.1. The molecule has 0 aliphatic heterocycles. The molecule has 0 atom stereocenters. The van der Waals surface area contributed by atoms with Crippen molar-refractivity contribution in [3.8, 4) is 0 Å². The molecule has 1 rings (SSSR count). The van der Waals surface area contributed by atoms with Crippen LogP contribution in [0.15, 0.2) is 18.2 Å². The van der Waals surface area contributed by atoms with Crippen LogP contribution in [-0.2, 0) is 4.74 Å². The Hall–Kier alpha value is -1.82. The Morgan fingerprint density at radius 3 is 2.65 bits per heavy atom. The predicted octanol–water partition coefficient (Wildman–Crippen LogP) is 2.89. The summed E-state index contributed by atoms with van der Waals surface area (Å²) in [6, 6.07) is 5.51. The molecule has 0 radical (unpaired) electrons. The first-order valence-electron chi connectivity index (χ1n) is 6.79. The van der Waals surface area contributed by atoms with Crippen LogP contribution in [0, 0.1) is 10.1 Å². The summed E-state index contributed by atoms with van der Waals surface area (Å²) in [6.45, 7) is 7.73. The number of hydrogen-bond donors (Lipinski definition) is 1. The number of hydrogen-bond acceptors (Lipinski definition) is 5. The van der Waals surface area contributed by atoms with Crippen molar-refractivity contribution in [3.63, 3.8) is 0 Å². The highest BCUT2D eigenvalue weighted by atomic mass is 16.6. The number of nitro benzene ring substituents is 1. The van der Waals surface area contributed by atoms with E-state index in [-0.39, 0.29) is 16.7 Å². The number of methoxy groups -OCH3 is 1. The maximum Gasteiger partial charge on any atom is 0.315 e. The minimum absolute atomic E-state index is 0.124. The summed E-state index contributed by atoms with van der Waals surface area (Å²) in [6.07, 6.45) is 0. The zero-order chi connectivity index (χ0) is 15.1. The van der Waals surface area contributed by atoms with Crippen LogP contribution < -0.4 is 10.2 Å². The molecule has 1 aromatic carbocycles. The monoisotopic (exact) mass is 281 g/mol. The largest absolute Gasteiger partial charge is 0.383 e. The summed E-state index contributed by atoms with van der Waals surface area (Å²) in [7, 11) is 1.63. The van der Waals surface area contributed by atoms with Gasteiger partial charge in [0.15, 0.2) is 0 Å². The fraction of sp³-hybridized carbons (Fsp3) is 0.571. The fourth-order valence-electron chi connectivity index (χ4n) is 2.13. The highest BCUT2D eigenvalue weighted by Crippen LogP contribution is 2.36. The number of nitro groups is 1. The Labute approximate surface area is 119 Å². The molecule has 112 valence electrons. The van der Waals surface area contributed by atoms with Gasteiger partial charge in [0.1, 0.15) is 11.4 Å². The first-order valence-corrected chi connectivity index (χ1v) is 6.79. The first-order chi connectivity index (χ1) is 9.52. The van der Waals surface area contributed by atoms with Crippen molar-refractivity contribution >= 4 is 17.1 Å². The average molecular weight is 281 g/mol. The first kappa shape index (κ1) is 16.2. The van der Waals surface area contributed by atoms with Gasteiger partial charge in [-0.25, -0.2) is 0 Å². The van der Waals surface area contributed by atoms with Crippen molar-refractivity contribution in [1.82, 2.24) is 0 Å². The maximum absolute atomic E-state index is 11.4. The smallest absolute Gasteiger partial charge is 0.315 e. The van der Waals surface area contributed by atoms with Gasteiger partial charge in [0.25, 0.3) is 0 Å². The number of nitrogens with zero attached hydrogens (tertiary/aromatic N) is 2. The van der Waals surface area contributed by atoms with Crippen molar-refractivity contribution in [3.05, 3.63) is 28.3 Å². The van der Waals surface area contributed by atoms with Crippen LogP contribution in [0.5, 0.6) is 0 Å². The average Bonchev–Trinajstić information content (AvgIpc) is 2.39. The Morgan fingerprint density at radius 1 is 1.45 bits per heavy atom. The number of ether oxygens (including phenoxy) is 1. The van der Waals surface area contributed by atoms with Gasteiger partial charge in [0, 0.05) is 26.2 Å². The predicted molar refractivity (Wildman–Crippen MR) is 81.6 cm³/mol. The number of nitrogens with one attached hydrogen (secondary N) is 1. The summed E-state index contributed by atoms with van der Waals surface area (Å²) < 4.78 is 5.09. The third-order valence-electron chi connectivity index (χ3n) is 3.03. The van der Waals surface area contributed by atoms with Gasteiger partial charge in [-0.3, -0.25) is 10.1 Å². The van der Waals surface area contributed by atoms with E-state index in [4.69, 9.17) is 4.74 Å². The summed E-state index contributed by atoms with van der Waals surface area (Å²) in [5.41, 5.74) is 1.30. The normalized spacial score (nSPS) is 10.7. The summed E-state index contributed by atoms with van der Waals surface area (Å²) >= 11 is 0. The lowest BCUT2D eigenvalue weighted by molar-refractivity contribution is -0.383. The second-order valence-corrected chi connectivity index (χ2v) is 4.74. The van der Waals surface area contributed by atoms with Gasteiger partial charge in [-0.15, -0.1) is 0 Å². The Kier molecular flexibility index (Phi) is 6.24. The molecule has 6 heteroatoms. The van der Waals surface area contributed by atoms with E-state index in [1.807, 2.05) is 31.7 Å². The van der Waals surface area contributed by atoms with E-state index < -0.39 is 0 Å². The standard InChI is InChI=1S/C14H23N3O3/c1-5-15-12-7-6-8-13(14(12)17(18)19)16(11(2)3)9-10-20-4/h6-8,11,15H,5,9-10H2,1-4H3. The Bertz CT molecular complexity index is 449. The van der Waals surface area contributed by atoms with Crippen molar-refractivity contribution in [2.45, 2.75) is 26.8 Å². The van der Waals surface area contributed by atoms with Gasteiger partial charge in [-0.2, -0.15) is 0 Å². The van der Waals surface area contributed by atoms with Crippen molar-refractivity contribution in [1.29, 1.82) is 0 Å². The topological polar surface area (TPSA) is 67.6 Å². The molecule has 0 bridgehead atoms. The number of anilines is 2. The van der Waals surface area contributed by atoms with Crippen LogP contribution in [0.4, 0.5) is 17.1 Å². The molecule has 0 aliphatic carbocycles. The highest BCUT2D eigenvalue weighted by Gasteiger charge is 2.24. The molecule has 0 aliphatic rings. The Morgan fingerprint density at radius 2 is 2.15 bits per heavy atom. The van der Waals surface area contributed by atoms with Crippen molar-refractivity contribution < 1.29 is 9.66 Å². The molecular formula is C14H23N3O3. The lowest BCUT2D eigenvalue weighted by Crippen LogP contribution is -2.34. The van der Waals surface area contributed by atoms with E-state index in [1.54, 1.807) is 19.2 Å². The third kappa shape index (κ3) is 3.84. The molecule has 0 saturated carbocycles. The van der Waals surface area contributed by atoms with Crippen molar-refractivity contribution in [2.75, 3.05) is 37.0 Å². The quantitative estimate of drug-likeness (QED) is 0.586. The van der Waals surface area contributed by atoms with Gasteiger partial charge in [0.05, 0.1) is 11.5 Å². The third-order valence-corrected chi connectivity index (χ3v) is 3.03. The minimum Gasteiger partial charge on any atom is -0.383 e. The fourth-order valence-corrected chi connectivity index (χ4v) is 2.13. The molecule has 0 aromatic heterocycles. The molecule has 0 fully saturated rings. The highest BCUT2D eigenvalue weighted by molar-refractivity contribution is 5.77. The zero-order valence-electron chi connectivity index (χ0n) is 12.5. The van der Waals surface area contributed by atoms with Gasteiger partial charge >= 0.3 is 5.69 Å². The molecule has 0 spiro atoms. The molecule has 6 nitrogen and oxygen atoms in total. The molecule has 0 saturated heterocycles. The minimum atomic E-state index is -0.324. The van der Waals surface area contributed by atoms with Crippen LogP contribution in [0.1, 0.15) is 20.8 Å². The second kappa shape index (κ2) is 7.69. The molecule has 1 aromatic rings. The Balaban J connectivity index is 3.25. The summed E-state index contributed by atoms with van der Waals surface area (Å²) in [5, 5.41) is 14.5. The van der Waals surface area contributed by atoms with E-state index in [0.29, 0.717) is 31.1 Å². The summed E-state index contributed by atoms with van der Waals surface area (Å²) in [4.78, 5) is 13.1. The van der Waals surface area contributed by atoms with Gasteiger partial charge in [0.2, 0.25) is 0 Å². The number of benzene rings is 1. The molecule has 0 heterocycles. The van der Waals surface area contributed by atoms with Gasteiger partial charge in [-0.1, -0.05) is 6.07 Å². The zero-order valence-corrected chi connectivity index (χ0v) is 12.5. The SMILES string of the molecule is CCNc1cccc(N(CCOC)C(C)C)c1[N+](=O)[O-]. The van der Waals surface area contributed by atoms with Crippen LogP contribution in [0.3, 0.4) is 0 Å². The second-order valence-electron chi connectivity index (χ2n) is 4.74. The van der Waals surface area contributed by atoms with Crippen LogP contribution in [0.2, 0.25) is 0 Å². The van der Waals surface area contributed by atoms with Crippen LogP contribution in [-0.4, -0.2) is 37.8 Å². The molecule has 1 N–H and O–H groups in total. The maximum atomic E-state index is 11.4. The number of rotatable bonds is 8. The van der Waals surface area contributed by atoms with E-state index in [0.717, 1.165) is 0 Å². The van der Waals surface area contributed by atoms with E-state index in [2.05, 4.69) is 5.32 Å². The van der Waals surface area contributed by atoms with E-state index in [1.165, 1.54) is 0 Å². The summed E-state index contributed by atoms with van der Waals surface area (Å²) in [5.74, 6) is 0.